The minimum atomic E-state index is -0.0774. The molecule has 3 nitrogen and oxygen atoms in total. The summed E-state index contributed by atoms with van der Waals surface area (Å²) in [5.41, 5.74) is 3.49. The lowest BCUT2D eigenvalue weighted by Gasteiger charge is -2.12. The molecule has 3 aromatic rings. The number of hydrogen-bond acceptors (Lipinski definition) is 4. The number of aromatic hydroxyl groups is 1. The largest absolute Gasteiger partial charge is 0.507 e. The molecule has 2 aromatic carbocycles. The quantitative estimate of drug-likeness (QED) is 0.546. The maximum Gasteiger partial charge on any atom is 0.167 e. The minimum Gasteiger partial charge on any atom is -0.507 e. The van der Waals surface area contributed by atoms with Gasteiger partial charge in [-0.2, -0.15) is 11.3 Å². The van der Waals surface area contributed by atoms with E-state index in [0.717, 1.165) is 22.3 Å². The van der Waals surface area contributed by atoms with Crippen LogP contribution in [0, 0.1) is 0 Å². The molecule has 0 saturated heterocycles. The van der Waals surface area contributed by atoms with E-state index in [-0.39, 0.29) is 18.1 Å². The van der Waals surface area contributed by atoms with Crippen LogP contribution in [0.4, 0.5) is 0 Å². The van der Waals surface area contributed by atoms with Gasteiger partial charge in [0.1, 0.15) is 18.1 Å². The van der Waals surface area contributed by atoms with Gasteiger partial charge in [-0.05, 0) is 64.7 Å². The van der Waals surface area contributed by atoms with Crippen LogP contribution in [0.2, 0.25) is 10.0 Å². The Balaban J connectivity index is 1.87. The second-order valence-corrected chi connectivity index (χ2v) is 7.49. The lowest BCUT2D eigenvalue weighted by atomic mass is 9.99. The van der Waals surface area contributed by atoms with Gasteiger partial charge in [-0.3, -0.25) is 4.79 Å². The number of rotatable bonds is 6. The molecule has 134 valence electrons. The van der Waals surface area contributed by atoms with E-state index in [2.05, 4.69) is 0 Å². The monoisotopic (exact) mass is 406 g/mol. The average molecular weight is 407 g/mol. The molecule has 0 bridgehead atoms. The van der Waals surface area contributed by atoms with Crippen LogP contribution < -0.4 is 4.74 Å². The van der Waals surface area contributed by atoms with Gasteiger partial charge in [0.25, 0.3) is 0 Å². The van der Waals surface area contributed by atoms with Gasteiger partial charge in [0.05, 0.1) is 0 Å². The zero-order valence-electron chi connectivity index (χ0n) is 14.0. The van der Waals surface area contributed by atoms with Crippen LogP contribution in [-0.4, -0.2) is 17.5 Å². The molecule has 6 heteroatoms. The molecule has 1 N–H and O–H groups in total. The van der Waals surface area contributed by atoms with E-state index in [1.54, 1.807) is 29.5 Å². The Morgan fingerprint density at radius 1 is 1.15 bits per heavy atom. The van der Waals surface area contributed by atoms with Crippen molar-refractivity contribution in [3.63, 3.8) is 0 Å². The molecule has 26 heavy (non-hydrogen) atoms. The lowest BCUT2D eigenvalue weighted by Crippen LogP contribution is -2.06. The summed E-state index contributed by atoms with van der Waals surface area (Å²) in [6.07, 6.45) is 0.516. The Labute approximate surface area is 165 Å². The van der Waals surface area contributed by atoms with E-state index in [1.165, 1.54) is 6.92 Å². The third kappa shape index (κ3) is 4.39. The lowest BCUT2D eigenvalue weighted by molar-refractivity contribution is -0.118. The molecule has 0 aliphatic rings. The smallest absolute Gasteiger partial charge is 0.167 e. The van der Waals surface area contributed by atoms with E-state index >= 15 is 0 Å². The van der Waals surface area contributed by atoms with Crippen LogP contribution in [0.25, 0.3) is 11.1 Å². The SMILES string of the molecule is CC(=O)COc1cc(Cl)c(Cc2ccc(O)c(-c3ccsc3)c2)c(Cl)c1. The summed E-state index contributed by atoms with van der Waals surface area (Å²) in [6.45, 7) is 1.43. The fraction of sp³-hybridized carbons (Fsp3) is 0.150. The number of benzene rings is 2. The summed E-state index contributed by atoms with van der Waals surface area (Å²) >= 11 is 14.3. The Bertz CT molecular complexity index is 913. The molecule has 0 spiro atoms. The molecule has 1 heterocycles. The molecule has 0 saturated carbocycles. The van der Waals surface area contributed by atoms with Gasteiger partial charge in [0.2, 0.25) is 0 Å². The first-order valence-electron chi connectivity index (χ1n) is 7.88. The molecule has 0 radical (unpaired) electrons. The average Bonchev–Trinajstić information content (AvgIpc) is 3.12. The minimum absolute atomic E-state index is 0.0199. The molecular weight excluding hydrogens is 391 g/mol. The highest BCUT2D eigenvalue weighted by molar-refractivity contribution is 7.08. The van der Waals surface area contributed by atoms with Crippen LogP contribution in [0.3, 0.4) is 0 Å². The van der Waals surface area contributed by atoms with Crippen molar-refractivity contribution >= 4 is 40.3 Å². The molecule has 1 aromatic heterocycles. The highest BCUT2D eigenvalue weighted by atomic mass is 35.5. The third-order valence-corrected chi connectivity index (χ3v) is 5.19. The zero-order valence-corrected chi connectivity index (χ0v) is 16.3. The van der Waals surface area contributed by atoms with Crippen molar-refractivity contribution in [1.29, 1.82) is 0 Å². The highest BCUT2D eigenvalue weighted by Crippen LogP contribution is 2.35. The number of ether oxygens (including phenoxy) is 1. The number of thiophene rings is 1. The zero-order chi connectivity index (χ0) is 18.7. The van der Waals surface area contributed by atoms with Crippen LogP contribution in [0.15, 0.2) is 47.2 Å². The summed E-state index contributed by atoms with van der Waals surface area (Å²) in [5.74, 6) is 0.618. The number of phenolic OH excluding ortho intramolecular Hbond substituents is 1. The predicted octanol–water partition coefficient (Wildman–Crippen LogP) is 5.99. The van der Waals surface area contributed by atoms with Gasteiger partial charge < -0.3 is 9.84 Å². The first kappa shape index (κ1) is 18.8. The second-order valence-electron chi connectivity index (χ2n) is 5.90. The molecule has 0 amide bonds. The van der Waals surface area contributed by atoms with Gasteiger partial charge >= 0.3 is 0 Å². The van der Waals surface area contributed by atoms with Crippen molar-refractivity contribution < 1.29 is 14.6 Å². The summed E-state index contributed by atoms with van der Waals surface area (Å²) in [5, 5.41) is 15.0. The second kappa shape index (κ2) is 8.12. The van der Waals surface area contributed by atoms with Crippen LogP contribution in [0.5, 0.6) is 11.5 Å². The van der Waals surface area contributed by atoms with Crippen molar-refractivity contribution in [1.82, 2.24) is 0 Å². The number of phenols is 1. The maximum absolute atomic E-state index is 11.0. The van der Waals surface area contributed by atoms with Crippen molar-refractivity contribution in [3.8, 4) is 22.6 Å². The van der Waals surface area contributed by atoms with Gasteiger partial charge in [-0.15, -0.1) is 0 Å². The van der Waals surface area contributed by atoms with E-state index in [1.807, 2.05) is 29.0 Å². The van der Waals surface area contributed by atoms with Crippen molar-refractivity contribution in [2.75, 3.05) is 6.61 Å². The van der Waals surface area contributed by atoms with E-state index in [9.17, 15) is 9.90 Å². The van der Waals surface area contributed by atoms with Crippen LogP contribution in [0.1, 0.15) is 18.1 Å². The topological polar surface area (TPSA) is 46.5 Å². The summed E-state index contributed by atoms with van der Waals surface area (Å²) in [7, 11) is 0. The van der Waals surface area contributed by atoms with Gasteiger partial charge in [0.15, 0.2) is 5.78 Å². The van der Waals surface area contributed by atoms with Crippen molar-refractivity contribution in [2.45, 2.75) is 13.3 Å². The Morgan fingerprint density at radius 2 is 1.88 bits per heavy atom. The van der Waals surface area contributed by atoms with E-state index < -0.39 is 0 Å². The van der Waals surface area contributed by atoms with E-state index in [0.29, 0.717) is 22.2 Å². The number of carbonyl (C=O) groups excluding carboxylic acids is 1. The van der Waals surface area contributed by atoms with Gasteiger partial charge in [-0.1, -0.05) is 29.3 Å². The summed E-state index contributed by atoms with van der Waals surface area (Å²) in [6, 6.07) is 10.7. The van der Waals surface area contributed by atoms with Gasteiger partial charge in [-0.25, -0.2) is 0 Å². The summed E-state index contributed by atoms with van der Waals surface area (Å²) in [4.78, 5) is 11.0. The maximum atomic E-state index is 11.0. The molecule has 0 fully saturated rings. The van der Waals surface area contributed by atoms with E-state index in [4.69, 9.17) is 27.9 Å². The van der Waals surface area contributed by atoms with Crippen molar-refractivity contribution in [3.05, 3.63) is 68.3 Å². The van der Waals surface area contributed by atoms with Crippen LogP contribution >= 0.6 is 34.5 Å². The highest BCUT2D eigenvalue weighted by Gasteiger charge is 2.13. The predicted molar refractivity (Wildman–Crippen MR) is 107 cm³/mol. The summed E-state index contributed by atoms with van der Waals surface area (Å²) < 4.78 is 5.37. The van der Waals surface area contributed by atoms with Crippen molar-refractivity contribution in [2.24, 2.45) is 0 Å². The first-order valence-corrected chi connectivity index (χ1v) is 9.58. The number of carbonyl (C=O) groups is 1. The number of hydrogen-bond donors (Lipinski definition) is 1. The Hall–Kier alpha value is -2.01. The molecule has 0 atom stereocenters. The normalized spacial score (nSPS) is 10.7. The number of ketones is 1. The number of halogens is 2. The third-order valence-electron chi connectivity index (χ3n) is 3.83. The molecule has 0 unspecified atom stereocenters. The fourth-order valence-corrected chi connectivity index (χ4v) is 3.82. The molecular formula is C20H16Cl2O3S. The first-order chi connectivity index (χ1) is 12.4. The number of Topliss-reactive ketones (excluding diaryl/α,β-unsaturated/α-hetero) is 1. The molecule has 0 aliphatic heterocycles. The fourth-order valence-electron chi connectivity index (χ4n) is 2.56. The molecule has 3 rings (SSSR count). The van der Waals surface area contributed by atoms with Crippen LogP contribution in [-0.2, 0) is 11.2 Å². The molecule has 0 aliphatic carbocycles. The Kier molecular flexibility index (Phi) is 5.87. The van der Waals surface area contributed by atoms with Gasteiger partial charge in [0, 0.05) is 22.0 Å². The Morgan fingerprint density at radius 3 is 2.50 bits per heavy atom. The standard InChI is InChI=1S/C20H16Cl2O3S/c1-12(23)10-25-15-8-18(21)17(19(22)9-15)7-13-2-3-20(24)16(6-13)14-4-5-26-11-14/h2-6,8-9,11,24H,7,10H2,1H3.